The molecule has 0 saturated carbocycles. The molecule has 18 heavy (non-hydrogen) atoms. The van der Waals surface area contributed by atoms with E-state index in [-0.39, 0.29) is 5.41 Å². The standard InChI is InChI=1S/C14H23N3O/c1-14(2,3)11-12-5-4-6-13(16-12)18-17-9-7-15-8-10-17/h4-6,15H,7-11H2,1-3H3. The quantitative estimate of drug-likeness (QED) is 0.887. The van der Waals surface area contributed by atoms with Gasteiger partial charge in [0.15, 0.2) is 0 Å². The van der Waals surface area contributed by atoms with Crippen LogP contribution in [0.2, 0.25) is 0 Å². The van der Waals surface area contributed by atoms with Gasteiger partial charge in [-0.15, -0.1) is 5.06 Å². The Balaban J connectivity index is 1.98. The molecule has 1 saturated heterocycles. The number of nitrogens with zero attached hydrogens (tertiary/aromatic N) is 2. The summed E-state index contributed by atoms with van der Waals surface area (Å²) in [6, 6.07) is 6.01. The van der Waals surface area contributed by atoms with Crippen molar-refractivity contribution in [2.24, 2.45) is 5.41 Å². The predicted octanol–water partition coefficient (Wildman–Crippen LogP) is 1.87. The third kappa shape index (κ3) is 4.27. The van der Waals surface area contributed by atoms with E-state index in [9.17, 15) is 0 Å². The Morgan fingerprint density at radius 2 is 2.00 bits per heavy atom. The summed E-state index contributed by atoms with van der Waals surface area (Å²) in [7, 11) is 0. The van der Waals surface area contributed by atoms with Gasteiger partial charge in [-0.25, -0.2) is 4.98 Å². The Labute approximate surface area is 109 Å². The van der Waals surface area contributed by atoms with E-state index in [1.807, 2.05) is 17.2 Å². The number of hydrogen-bond donors (Lipinski definition) is 1. The molecule has 2 rings (SSSR count). The molecule has 1 aliphatic rings. The van der Waals surface area contributed by atoms with Gasteiger partial charge >= 0.3 is 0 Å². The van der Waals surface area contributed by atoms with Crippen LogP contribution in [-0.4, -0.2) is 36.2 Å². The molecule has 1 aromatic rings. The molecule has 0 atom stereocenters. The molecule has 4 nitrogen and oxygen atoms in total. The van der Waals surface area contributed by atoms with Crippen molar-refractivity contribution in [1.82, 2.24) is 15.4 Å². The summed E-state index contributed by atoms with van der Waals surface area (Å²) in [4.78, 5) is 10.4. The molecule has 1 fully saturated rings. The van der Waals surface area contributed by atoms with E-state index in [0.29, 0.717) is 5.88 Å². The van der Waals surface area contributed by atoms with Gasteiger partial charge in [0.25, 0.3) is 0 Å². The van der Waals surface area contributed by atoms with Crippen LogP contribution in [0.5, 0.6) is 5.88 Å². The van der Waals surface area contributed by atoms with Gasteiger partial charge in [-0.05, 0) is 17.9 Å². The second-order valence-electron chi connectivity index (χ2n) is 5.97. The summed E-state index contributed by atoms with van der Waals surface area (Å²) < 4.78 is 0. The Bertz CT molecular complexity index is 381. The Morgan fingerprint density at radius 1 is 1.28 bits per heavy atom. The molecule has 1 aromatic heterocycles. The van der Waals surface area contributed by atoms with Crippen molar-refractivity contribution in [1.29, 1.82) is 0 Å². The van der Waals surface area contributed by atoms with E-state index >= 15 is 0 Å². The van der Waals surface area contributed by atoms with Crippen molar-refractivity contribution in [2.45, 2.75) is 27.2 Å². The zero-order chi connectivity index (χ0) is 13.0. The van der Waals surface area contributed by atoms with Gasteiger partial charge in [0.1, 0.15) is 0 Å². The van der Waals surface area contributed by atoms with Gasteiger partial charge in [0.05, 0.1) is 0 Å². The van der Waals surface area contributed by atoms with Crippen LogP contribution in [0.15, 0.2) is 18.2 Å². The molecule has 0 radical (unpaired) electrons. The van der Waals surface area contributed by atoms with Crippen molar-refractivity contribution in [3.63, 3.8) is 0 Å². The van der Waals surface area contributed by atoms with Crippen LogP contribution in [0.3, 0.4) is 0 Å². The van der Waals surface area contributed by atoms with Crippen molar-refractivity contribution in [3.8, 4) is 5.88 Å². The fourth-order valence-corrected chi connectivity index (χ4v) is 2.02. The minimum atomic E-state index is 0.251. The van der Waals surface area contributed by atoms with Crippen LogP contribution in [0.1, 0.15) is 26.5 Å². The molecule has 0 aliphatic carbocycles. The van der Waals surface area contributed by atoms with Gasteiger partial charge in [-0.1, -0.05) is 26.8 Å². The fourth-order valence-electron chi connectivity index (χ4n) is 2.02. The average Bonchev–Trinajstić information content (AvgIpc) is 2.28. The molecule has 0 bridgehead atoms. The lowest BCUT2D eigenvalue weighted by Gasteiger charge is -2.26. The molecule has 0 aromatic carbocycles. The van der Waals surface area contributed by atoms with E-state index in [1.165, 1.54) is 0 Å². The normalized spacial score (nSPS) is 17.7. The number of pyridine rings is 1. The molecular weight excluding hydrogens is 226 g/mol. The number of piperazine rings is 1. The predicted molar refractivity (Wildman–Crippen MR) is 72.5 cm³/mol. The van der Waals surface area contributed by atoms with Crippen molar-refractivity contribution < 1.29 is 4.84 Å². The van der Waals surface area contributed by atoms with E-state index in [0.717, 1.165) is 38.3 Å². The van der Waals surface area contributed by atoms with E-state index in [4.69, 9.17) is 4.84 Å². The van der Waals surface area contributed by atoms with Crippen molar-refractivity contribution >= 4 is 0 Å². The van der Waals surface area contributed by atoms with Gasteiger partial charge in [0, 0.05) is 37.9 Å². The molecular formula is C14H23N3O. The number of hydroxylamine groups is 2. The lowest BCUT2D eigenvalue weighted by atomic mass is 9.90. The van der Waals surface area contributed by atoms with Crippen LogP contribution in [-0.2, 0) is 6.42 Å². The smallest absolute Gasteiger partial charge is 0.238 e. The molecule has 0 unspecified atom stereocenters. The monoisotopic (exact) mass is 249 g/mol. The fraction of sp³-hybridized carbons (Fsp3) is 0.643. The highest BCUT2D eigenvalue weighted by Gasteiger charge is 2.14. The topological polar surface area (TPSA) is 37.4 Å². The van der Waals surface area contributed by atoms with Gasteiger partial charge < -0.3 is 10.2 Å². The first-order valence-corrected chi connectivity index (χ1v) is 6.62. The number of hydrogen-bond acceptors (Lipinski definition) is 4. The number of rotatable bonds is 3. The van der Waals surface area contributed by atoms with Crippen molar-refractivity contribution in [3.05, 3.63) is 23.9 Å². The van der Waals surface area contributed by atoms with Gasteiger partial charge in [0.2, 0.25) is 5.88 Å². The SMILES string of the molecule is CC(C)(C)Cc1cccc(ON2CCNCC2)n1. The lowest BCUT2D eigenvalue weighted by molar-refractivity contribution is -0.0705. The second-order valence-corrected chi connectivity index (χ2v) is 5.97. The summed E-state index contributed by atoms with van der Waals surface area (Å²) in [5, 5.41) is 5.27. The maximum absolute atomic E-state index is 5.79. The summed E-state index contributed by atoms with van der Waals surface area (Å²) in [5.74, 6) is 0.707. The van der Waals surface area contributed by atoms with E-state index in [1.54, 1.807) is 0 Å². The third-order valence-electron chi connectivity index (χ3n) is 2.79. The zero-order valence-corrected chi connectivity index (χ0v) is 11.6. The maximum Gasteiger partial charge on any atom is 0.238 e. The first-order valence-electron chi connectivity index (χ1n) is 6.62. The highest BCUT2D eigenvalue weighted by Crippen LogP contribution is 2.20. The lowest BCUT2D eigenvalue weighted by Crippen LogP contribution is -2.45. The Kier molecular flexibility index (Phi) is 4.19. The Morgan fingerprint density at radius 3 is 2.67 bits per heavy atom. The second kappa shape index (κ2) is 5.67. The highest BCUT2D eigenvalue weighted by atomic mass is 16.7. The number of aromatic nitrogens is 1. The van der Waals surface area contributed by atoms with Crippen LogP contribution in [0, 0.1) is 5.41 Å². The van der Waals surface area contributed by atoms with Crippen LogP contribution < -0.4 is 10.2 Å². The largest absolute Gasteiger partial charge is 0.386 e. The number of nitrogens with one attached hydrogen (secondary N) is 1. The average molecular weight is 249 g/mol. The molecule has 1 N–H and O–H groups in total. The summed E-state index contributed by atoms with van der Waals surface area (Å²) >= 11 is 0. The first kappa shape index (κ1) is 13.3. The minimum absolute atomic E-state index is 0.251. The first-order chi connectivity index (χ1) is 8.53. The van der Waals surface area contributed by atoms with Crippen LogP contribution >= 0.6 is 0 Å². The maximum atomic E-state index is 5.79. The van der Waals surface area contributed by atoms with E-state index in [2.05, 4.69) is 37.1 Å². The summed E-state index contributed by atoms with van der Waals surface area (Å²) in [6.45, 7) is 10.4. The summed E-state index contributed by atoms with van der Waals surface area (Å²) in [6.07, 6.45) is 0.964. The van der Waals surface area contributed by atoms with Gasteiger partial charge in [-0.3, -0.25) is 0 Å². The molecule has 2 heterocycles. The minimum Gasteiger partial charge on any atom is -0.386 e. The Hall–Kier alpha value is -1.13. The molecule has 0 spiro atoms. The summed E-state index contributed by atoms with van der Waals surface area (Å²) in [5.41, 5.74) is 1.34. The van der Waals surface area contributed by atoms with Crippen LogP contribution in [0.25, 0.3) is 0 Å². The molecule has 1 aliphatic heterocycles. The zero-order valence-electron chi connectivity index (χ0n) is 11.6. The molecule has 4 heteroatoms. The molecule has 100 valence electrons. The molecule has 0 amide bonds. The highest BCUT2D eigenvalue weighted by molar-refractivity contribution is 5.16. The van der Waals surface area contributed by atoms with Crippen LogP contribution in [0.4, 0.5) is 0 Å². The van der Waals surface area contributed by atoms with Gasteiger partial charge in [-0.2, -0.15) is 0 Å². The van der Waals surface area contributed by atoms with E-state index < -0.39 is 0 Å². The third-order valence-corrected chi connectivity index (χ3v) is 2.79. The van der Waals surface area contributed by atoms with Crippen molar-refractivity contribution in [2.75, 3.05) is 26.2 Å².